The minimum absolute atomic E-state index is 0.786. The van der Waals surface area contributed by atoms with Crippen molar-refractivity contribution in [1.29, 1.82) is 0 Å². The number of ether oxygens (including phenoxy) is 1. The lowest BCUT2D eigenvalue weighted by atomic mass is 9.68. The summed E-state index contributed by atoms with van der Waals surface area (Å²) < 4.78 is 6.80. The number of aryl methyl sites for hydroxylation is 2. The van der Waals surface area contributed by atoms with Crippen molar-refractivity contribution in [3.8, 4) is 11.5 Å². The molecule has 2 aromatic heterocycles. The molecule has 3 nitrogen and oxygen atoms in total. The highest BCUT2D eigenvalue weighted by Crippen LogP contribution is 2.45. The smallest absolute Gasteiger partial charge is 0.146 e. The first-order valence-corrected chi connectivity index (χ1v) is 27.7. The summed E-state index contributed by atoms with van der Waals surface area (Å²) in [6.45, 7) is 9.34. The molecule has 61 heavy (non-hydrogen) atoms. The van der Waals surface area contributed by atoms with Gasteiger partial charge >= 0.3 is 0 Å². The van der Waals surface area contributed by atoms with Gasteiger partial charge in [0.1, 0.15) is 11.5 Å². The van der Waals surface area contributed by atoms with Crippen LogP contribution in [0.2, 0.25) is 0 Å². The van der Waals surface area contributed by atoms with Crippen molar-refractivity contribution >= 4 is 0 Å². The second-order valence-corrected chi connectivity index (χ2v) is 21.8. The van der Waals surface area contributed by atoms with Crippen molar-refractivity contribution in [2.75, 3.05) is 0 Å². The number of nitrogens with zero attached hydrogens (tertiary/aromatic N) is 2. The summed E-state index contributed by atoms with van der Waals surface area (Å²) in [5, 5.41) is 0. The molecule has 4 aliphatic carbocycles. The molecule has 0 bridgehead atoms. The van der Waals surface area contributed by atoms with Gasteiger partial charge in [0.25, 0.3) is 0 Å². The quantitative estimate of drug-likeness (QED) is 0.0886. The van der Waals surface area contributed by atoms with E-state index in [1.54, 1.807) is 0 Å². The van der Waals surface area contributed by atoms with Gasteiger partial charge in [-0.05, 0) is 186 Å². The molecule has 0 aliphatic heterocycles. The van der Waals surface area contributed by atoms with Crippen molar-refractivity contribution < 1.29 is 4.74 Å². The van der Waals surface area contributed by atoms with Gasteiger partial charge in [-0.3, -0.25) is 9.97 Å². The molecule has 0 radical (unpaired) electrons. The maximum Gasteiger partial charge on any atom is 0.146 e. The third-order valence-corrected chi connectivity index (χ3v) is 17.2. The van der Waals surface area contributed by atoms with E-state index in [0.29, 0.717) is 0 Å². The lowest BCUT2D eigenvalue weighted by Crippen LogP contribution is -2.26. The van der Waals surface area contributed by atoms with Crippen LogP contribution in [0.25, 0.3) is 0 Å². The Bertz CT molecular complexity index is 1340. The van der Waals surface area contributed by atoms with Gasteiger partial charge in [0.2, 0.25) is 0 Å². The number of hydrogen-bond acceptors (Lipinski definition) is 3. The molecule has 4 saturated carbocycles. The van der Waals surface area contributed by atoms with Gasteiger partial charge in [0.05, 0.1) is 12.4 Å². The van der Waals surface area contributed by atoms with Crippen molar-refractivity contribution in [2.45, 2.75) is 259 Å². The van der Waals surface area contributed by atoms with E-state index in [4.69, 9.17) is 14.7 Å². The predicted octanol–water partition coefficient (Wildman–Crippen LogP) is 18.0. The SMILES string of the molecule is CCCCCCCc1ncc(Oc2cnc(CCCCCCC)c(CC3CCC(C4CCC(CCCC)CC4)CC3)c2)cc1CC1CCC(C2CCC(CCCC)CC2)CC1. The fourth-order valence-electron chi connectivity index (χ4n) is 13.1. The molecular formula is C58H96N2O. The summed E-state index contributed by atoms with van der Waals surface area (Å²) in [7, 11) is 0. The fraction of sp³-hybridized carbons (Fsp3) is 0.828. The summed E-state index contributed by atoms with van der Waals surface area (Å²) in [4.78, 5) is 10.4. The van der Waals surface area contributed by atoms with Crippen LogP contribution in [-0.2, 0) is 25.7 Å². The molecule has 0 amide bonds. The first kappa shape index (κ1) is 48.6. The Balaban J connectivity index is 1.07. The molecule has 0 atom stereocenters. The number of pyridine rings is 2. The minimum atomic E-state index is 0.786. The van der Waals surface area contributed by atoms with Crippen LogP contribution in [0.1, 0.15) is 256 Å². The number of aromatic nitrogens is 2. The first-order chi connectivity index (χ1) is 30.0. The molecule has 0 saturated heterocycles. The zero-order valence-corrected chi connectivity index (χ0v) is 40.7. The minimum Gasteiger partial charge on any atom is -0.454 e. The van der Waals surface area contributed by atoms with E-state index in [1.165, 1.54) is 241 Å². The van der Waals surface area contributed by atoms with Crippen molar-refractivity contribution in [3.63, 3.8) is 0 Å². The topological polar surface area (TPSA) is 35.0 Å². The van der Waals surface area contributed by atoms with Crippen molar-refractivity contribution in [1.82, 2.24) is 9.97 Å². The van der Waals surface area contributed by atoms with E-state index >= 15 is 0 Å². The Labute approximate surface area is 378 Å². The van der Waals surface area contributed by atoms with E-state index in [2.05, 4.69) is 39.8 Å². The zero-order valence-electron chi connectivity index (χ0n) is 40.7. The van der Waals surface area contributed by atoms with Crippen molar-refractivity contribution in [3.05, 3.63) is 47.0 Å². The van der Waals surface area contributed by atoms with Crippen LogP contribution in [0, 0.1) is 47.3 Å². The van der Waals surface area contributed by atoms with E-state index in [0.717, 1.165) is 71.7 Å². The van der Waals surface area contributed by atoms with Crippen molar-refractivity contribution in [2.24, 2.45) is 47.3 Å². The molecule has 2 aromatic rings. The lowest BCUT2D eigenvalue weighted by Gasteiger charge is -2.38. The van der Waals surface area contributed by atoms with Gasteiger partial charge < -0.3 is 4.74 Å². The highest BCUT2D eigenvalue weighted by Gasteiger charge is 2.33. The van der Waals surface area contributed by atoms with Crippen LogP contribution in [-0.4, -0.2) is 9.97 Å². The Morgan fingerprint density at radius 2 is 0.721 bits per heavy atom. The Morgan fingerprint density at radius 1 is 0.393 bits per heavy atom. The van der Waals surface area contributed by atoms with E-state index in [-0.39, 0.29) is 0 Å². The average Bonchev–Trinajstić information content (AvgIpc) is 3.29. The molecule has 6 rings (SSSR count). The standard InChI is InChI=1S/C58H96N2O/c1-5-9-13-15-17-21-57-53(39-47-27-35-51(36-28-47)49-31-23-45(24-32-49)19-11-7-3)41-55(43-59-57)61-56-42-54(58(60-44-56)22-18-16-14-10-6-2)40-48-29-37-52(38-30-48)50-33-25-46(26-34-50)20-12-8-4/h41-52H,5-40H2,1-4H3. The Kier molecular flexibility index (Phi) is 21.8. The maximum absolute atomic E-state index is 6.80. The summed E-state index contributed by atoms with van der Waals surface area (Å²) in [5.74, 6) is 9.42. The highest BCUT2D eigenvalue weighted by molar-refractivity contribution is 5.36. The lowest BCUT2D eigenvalue weighted by molar-refractivity contribution is 0.143. The zero-order chi connectivity index (χ0) is 42.5. The molecule has 4 fully saturated rings. The number of unbranched alkanes of at least 4 members (excludes halogenated alkanes) is 10. The van der Waals surface area contributed by atoms with E-state index in [1.807, 2.05) is 12.4 Å². The Morgan fingerprint density at radius 3 is 1.07 bits per heavy atom. The number of hydrogen-bond donors (Lipinski definition) is 0. The van der Waals surface area contributed by atoms with Crippen LogP contribution in [0.4, 0.5) is 0 Å². The molecule has 2 heterocycles. The van der Waals surface area contributed by atoms with Crippen LogP contribution in [0.15, 0.2) is 24.5 Å². The molecule has 3 heteroatoms. The predicted molar refractivity (Wildman–Crippen MR) is 262 cm³/mol. The largest absolute Gasteiger partial charge is 0.454 e. The maximum atomic E-state index is 6.80. The second-order valence-electron chi connectivity index (χ2n) is 21.8. The normalized spacial score (nSPS) is 27.3. The van der Waals surface area contributed by atoms with Crippen LogP contribution < -0.4 is 4.74 Å². The molecule has 0 aromatic carbocycles. The Hall–Kier alpha value is -1.90. The summed E-state index contributed by atoms with van der Waals surface area (Å²) in [5.41, 5.74) is 5.62. The van der Waals surface area contributed by atoms with Crippen LogP contribution >= 0.6 is 0 Å². The molecule has 0 N–H and O–H groups in total. The number of rotatable bonds is 26. The van der Waals surface area contributed by atoms with Gasteiger partial charge in [0.15, 0.2) is 0 Å². The molecule has 0 spiro atoms. The van der Waals surface area contributed by atoms with Gasteiger partial charge in [-0.2, -0.15) is 0 Å². The third-order valence-electron chi connectivity index (χ3n) is 17.2. The summed E-state index contributed by atoms with van der Waals surface area (Å²) >= 11 is 0. The van der Waals surface area contributed by atoms with Gasteiger partial charge in [-0.1, -0.05) is 143 Å². The van der Waals surface area contributed by atoms with Gasteiger partial charge in [-0.15, -0.1) is 0 Å². The second kappa shape index (κ2) is 27.4. The van der Waals surface area contributed by atoms with Crippen LogP contribution in [0.3, 0.4) is 0 Å². The van der Waals surface area contributed by atoms with E-state index in [9.17, 15) is 0 Å². The first-order valence-electron chi connectivity index (χ1n) is 27.7. The fourth-order valence-corrected chi connectivity index (χ4v) is 13.1. The molecule has 4 aliphatic rings. The summed E-state index contributed by atoms with van der Waals surface area (Å²) in [6.07, 6.45) is 53.8. The summed E-state index contributed by atoms with van der Waals surface area (Å²) in [6, 6.07) is 4.80. The molecular weight excluding hydrogens is 741 g/mol. The average molecular weight is 837 g/mol. The van der Waals surface area contributed by atoms with Gasteiger partial charge in [0, 0.05) is 11.4 Å². The monoisotopic (exact) mass is 837 g/mol. The molecule has 344 valence electrons. The van der Waals surface area contributed by atoms with E-state index < -0.39 is 0 Å². The van der Waals surface area contributed by atoms with Gasteiger partial charge in [-0.25, -0.2) is 0 Å². The highest BCUT2D eigenvalue weighted by atomic mass is 16.5. The van der Waals surface area contributed by atoms with Crippen LogP contribution in [0.5, 0.6) is 11.5 Å². The molecule has 0 unspecified atom stereocenters. The third kappa shape index (κ3) is 16.2.